The van der Waals surface area contributed by atoms with Crippen LogP contribution in [0.25, 0.3) is 0 Å². The Hall–Kier alpha value is 2.63. The largest absolute Gasteiger partial charge is 1.00 e. The summed E-state index contributed by atoms with van der Waals surface area (Å²) in [5, 5.41) is 6.25. The second kappa shape index (κ2) is 48.4. The van der Waals surface area contributed by atoms with Crippen LogP contribution in [0.4, 0.5) is 0 Å². The second-order valence-electron chi connectivity index (χ2n) is 0. The van der Waals surface area contributed by atoms with Crippen molar-refractivity contribution in [1.82, 2.24) is 0 Å². The molecule has 0 aliphatic heterocycles. The van der Waals surface area contributed by atoms with Gasteiger partial charge in [0.15, 0.2) is 0 Å². The van der Waals surface area contributed by atoms with Crippen LogP contribution >= 0.6 is 0 Å². The molecule has 0 N–H and O–H groups in total. The second-order valence-corrected chi connectivity index (χ2v) is 0. The number of hydrogen-bond donors (Lipinski definition) is 0. The van der Waals surface area contributed by atoms with Crippen LogP contribution < -0.4 is 51.4 Å². The van der Waals surface area contributed by atoms with Gasteiger partial charge >= 0.3 is 51.4 Å². The molecule has 0 spiro atoms. The Bertz CT molecular complexity index is 22.4. The molecule has 0 aliphatic carbocycles. The summed E-state index contributed by atoms with van der Waals surface area (Å²) < 4.78 is 0. The van der Waals surface area contributed by atoms with E-state index in [4.69, 9.17) is 11.8 Å². The fraction of sp³-hybridized carbons (Fsp3) is 0. The SMILES string of the molecule is [C-]#N.[Fe].[H-].[K+].[Ni].[Ni]. The van der Waals surface area contributed by atoms with Gasteiger partial charge in [0.05, 0.1) is 0 Å². The minimum absolute atomic E-state index is 0. The summed E-state index contributed by atoms with van der Waals surface area (Å²) in [5.41, 5.74) is 0. The van der Waals surface area contributed by atoms with Crippen molar-refractivity contribution in [2.45, 2.75) is 0 Å². The number of rotatable bonds is 0. The molecule has 0 radical (unpaired) electrons. The Morgan fingerprint density at radius 1 is 1.17 bits per heavy atom. The Morgan fingerprint density at radius 2 is 1.17 bits per heavy atom. The van der Waals surface area contributed by atoms with Crippen molar-refractivity contribution in [3.8, 4) is 0 Å². The first kappa shape index (κ1) is 38.1. The number of hydrogen-bond acceptors (Lipinski definition) is 1. The van der Waals surface area contributed by atoms with Gasteiger partial charge in [0.25, 0.3) is 0 Å². The van der Waals surface area contributed by atoms with Gasteiger partial charge in [-0.2, -0.15) is 0 Å². The molecule has 0 aromatic heterocycles. The Labute approximate surface area is 112 Å². The zero-order valence-corrected chi connectivity index (χ0v) is 9.14. The number of nitrogens with zero attached hydrogens (tertiary/aromatic N) is 1. The van der Waals surface area contributed by atoms with Crippen molar-refractivity contribution in [3.63, 3.8) is 0 Å². The van der Waals surface area contributed by atoms with Gasteiger partial charge in [0.2, 0.25) is 0 Å². The molecule has 0 saturated carbocycles. The Balaban J connectivity index is -0.000000000500. The smallest absolute Gasteiger partial charge is 1.00 e. The van der Waals surface area contributed by atoms with Crippen LogP contribution in [0.1, 0.15) is 1.43 Å². The van der Waals surface area contributed by atoms with E-state index in [0.29, 0.717) is 0 Å². The quantitative estimate of drug-likeness (QED) is 0.331. The molecule has 6 heavy (non-hydrogen) atoms. The molecule has 0 heterocycles. The summed E-state index contributed by atoms with van der Waals surface area (Å²) in [6.07, 6.45) is 0. The standard InChI is InChI=1S/CN.Fe.K.2Ni.H/c1-2;;;;;/q-1;;+1;;;-1. The maximum atomic E-state index is 6.25. The summed E-state index contributed by atoms with van der Waals surface area (Å²) in [6.45, 7) is 4.75. The van der Waals surface area contributed by atoms with E-state index in [1.54, 1.807) is 0 Å². The molecule has 0 aliphatic rings. The maximum absolute atomic E-state index is 6.25. The summed E-state index contributed by atoms with van der Waals surface area (Å²) >= 11 is 0. The maximum Gasteiger partial charge on any atom is 1.00 e. The molecule has 5 heteroatoms. The van der Waals surface area contributed by atoms with Crippen LogP contribution in [0, 0.1) is 11.8 Å². The van der Waals surface area contributed by atoms with Crippen LogP contribution in [-0.4, -0.2) is 0 Å². The van der Waals surface area contributed by atoms with E-state index in [-0.39, 0.29) is 103 Å². The summed E-state index contributed by atoms with van der Waals surface area (Å²) in [4.78, 5) is 0. The molecule has 0 saturated heterocycles. The molecule has 0 fully saturated rings. The average Bonchev–Trinajstić information content (AvgIpc) is 1.00. The molecule has 1 nitrogen and oxygen atoms in total. The van der Waals surface area contributed by atoms with Crippen molar-refractivity contribution in [1.29, 1.82) is 5.26 Å². The molecule has 0 rings (SSSR count). The normalized spacial score (nSPS) is 0.333. The molecule has 0 amide bonds. The van der Waals surface area contributed by atoms with E-state index in [2.05, 4.69) is 0 Å². The minimum atomic E-state index is 0. The van der Waals surface area contributed by atoms with E-state index in [9.17, 15) is 0 Å². The molecule has 40 valence electrons. The van der Waals surface area contributed by atoms with Crippen LogP contribution in [0.3, 0.4) is 0 Å². The fourth-order valence-corrected chi connectivity index (χ4v) is 0. The van der Waals surface area contributed by atoms with Crippen LogP contribution in [-0.2, 0) is 50.1 Å². The van der Waals surface area contributed by atoms with Crippen LogP contribution in [0.15, 0.2) is 0 Å². The van der Waals surface area contributed by atoms with Gasteiger partial charge in [-0.3, -0.25) is 0 Å². The van der Waals surface area contributed by atoms with Crippen molar-refractivity contribution in [2.24, 2.45) is 0 Å². The third kappa shape index (κ3) is 30.4. The summed E-state index contributed by atoms with van der Waals surface area (Å²) in [7, 11) is 0. The van der Waals surface area contributed by atoms with Crippen LogP contribution in [0.2, 0.25) is 0 Å². The third-order valence-electron chi connectivity index (χ3n) is 0. The first-order chi connectivity index (χ1) is 1.00. The third-order valence-corrected chi connectivity index (χ3v) is 0. The van der Waals surface area contributed by atoms with Gasteiger partial charge in [-0.1, -0.05) is 0 Å². The molecule has 0 aromatic rings. The Morgan fingerprint density at radius 3 is 1.17 bits per heavy atom. The molecular weight excluding hydrogens is 238 g/mol. The van der Waals surface area contributed by atoms with E-state index in [0.717, 1.165) is 0 Å². The van der Waals surface area contributed by atoms with Gasteiger partial charge in [-0.25, -0.2) is 0 Å². The molecular formula is CHFeKNNi2-. The van der Waals surface area contributed by atoms with Crippen molar-refractivity contribution < 1.29 is 103 Å². The molecule has 0 aromatic carbocycles. The van der Waals surface area contributed by atoms with Gasteiger partial charge in [0, 0.05) is 50.1 Å². The molecule has 0 bridgehead atoms. The van der Waals surface area contributed by atoms with E-state index < -0.39 is 0 Å². The van der Waals surface area contributed by atoms with Gasteiger partial charge in [-0.15, -0.1) is 0 Å². The zero-order chi connectivity index (χ0) is 2.00. The topological polar surface area (TPSA) is 23.8 Å². The predicted molar refractivity (Wildman–Crippen MR) is 6.08 cm³/mol. The van der Waals surface area contributed by atoms with E-state index in [1.165, 1.54) is 0 Å². The molecule has 0 atom stereocenters. The van der Waals surface area contributed by atoms with Crippen molar-refractivity contribution >= 4 is 0 Å². The summed E-state index contributed by atoms with van der Waals surface area (Å²) in [6, 6.07) is 0. The predicted octanol–water partition coefficient (Wildman–Crippen LogP) is -2.79. The monoisotopic (exact) mass is 238 g/mol. The van der Waals surface area contributed by atoms with Crippen molar-refractivity contribution in [2.75, 3.05) is 0 Å². The minimum Gasteiger partial charge on any atom is -1.00 e. The van der Waals surface area contributed by atoms with Crippen LogP contribution in [0.5, 0.6) is 0 Å². The van der Waals surface area contributed by atoms with E-state index in [1.807, 2.05) is 0 Å². The Kier molecular flexibility index (Phi) is 308. The van der Waals surface area contributed by atoms with Gasteiger partial charge < -0.3 is 13.3 Å². The first-order valence-electron chi connectivity index (χ1n) is 0.224. The zero-order valence-electron chi connectivity index (χ0n) is 3.93. The van der Waals surface area contributed by atoms with E-state index >= 15 is 0 Å². The average molecular weight is 239 g/mol. The fourth-order valence-electron chi connectivity index (χ4n) is 0. The van der Waals surface area contributed by atoms with Crippen molar-refractivity contribution in [3.05, 3.63) is 6.57 Å². The van der Waals surface area contributed by atoms with Gasteiger partial charge in [-0.05, 0) is 0 Å². The summed E-state index contributed by atoms with van der Waals surface area (Å²) in [5.74, 6) is 0. The molecule has 0 unspecified atom stereocenters. The van der Waals surface area contributed by atoms with Gasteiger partial charge in [0.1, 0.15) is 0 Å². The first-order valence-corrected chi connectivity index (χ1v) is 0.224.